The highest BCUT2D eigenvalue weighted by atomic mass is 32.1. The number of carbonyl (C=O) groups is 2. The summed E-state index contributed by atoms with van der Waals surface area (Å²) < 4.78 is 2.18. The van der Waals surface area contributed by atoms with Gasteiger partial charge in [-0.05, 0) is 29.6 Å². The van der Waals surface area contributed by atoms with E-state index in [1.807, 2.05) is 17.5 Å². The molecule has 3 aromatic heterocycles. The number of amides is 1. The summed E-state index contributed by atoms with van der Waals surface area (Å²) in [6.07, 6.45) is 0. The van der Waals surface area contributed by atoms with E-state index in [0.29, 0.717) is 9.88 Å². The van der Waals surface area contributed by atoms with Crippen LogP contribution in [0.25, 0.3) is 9.40 Å². The molecular formula is C12H7NO3S3. The number of fused-ring (bicyclic) bond motifs is 1. The van der Waals surface area contributed by atoms with Crippen LogP contribution in [-0.2, 0) is 0 Å². The van der Waals surface area contributed by atoms with Crippen molar-refractivity contribution in [3.8, 4) is 0 Å². The van der Waals surface area contributed by atoms with Crippen molar-refractivity contribution in [2.45, 2.75) is 0 Å². The molecule has 1 amide bonds. The van der Waals surface area contributed by atoms with E-state index >= 15 is 0 Å². The Bertz CT molecular complexity index is 739. The lowest BCUT2D eigenvalue weighted by Gasteiger charge is -1.98. The van der Waals surface area contributed by atoms with Gasteiger partial charge in [-0.25, -0.2) is 4.79 Å². The lowest BCUT2D eigenvalue weighted by atomic mass is 10.4. The molecule has 0 aliphatic rings. The van der Waals surface area contributed by atoms with Gasteiger partial charge in [0.05, 0.1) is 9.88 Å². The maximum absolute atomic E-state index is 12.0. The third kappa shape index (κ3) is 2.40. The molecule has 0 spiro atoms. The number of hydrogen-bond acceptors (Lipinski definition) is 5. The highest BCUT2D eigenvalue weighted by Gasteiger charge is 2.13. The largest absolute Gasteiger partial charge is 0.477 e. The Morgan fingerprint density at radius 2 is 1.89 bits per heavy atom. The summed E-state index contributed by atoms with van der Waals surface area (Å²) in [5, 5.41) is 14.1. The topological polar surface area (TPSA) is 66.4 Å². The van der Waals surface area contributed by atoms with E-state index in [1.165, 1.54) is 17.4 Å². The van der Waals surface area contributed by atoms with Crippen LogP contribution in [0.5, 0.6) is 0 Å². The second kappa shape index (κ2) is 4.76. The van der Waals surface area contributed by atoms with Gasteiger partial charge in [0.2, 0.25) is 0 Å². The number of aromatic carboxylic acids is 1. The first-order valence-electron chi connectivity index (χ1n) is 5.25. The van der Waals surface area contributed by atoms with Gasteiger partial charge in [0.1, 0.15) is 4.88 Å². The molecule has 19 heavy (non-hydrogen) atoms. The van der Waals surface area contributed by atoms with E-state index < -0.39 is 5.97 Å². The molecule has 7 heteroatoms. The number of thiophene rings is 3. The van der Waals surface area contributed by atoms with Gasteiger partial charge in [0.25, 0.3) is 5.91 Å². The zero-order valence-corrected chi connectivity index (χ0v) is 11.8. The van der Waals surface area contributed by atoms with Gasteiger partial charge in [0.15, 0.2) is 0 Å². The Kier molecular flexibility index (Phi) is 3.09. The standard InChI is InChI=1S/C12H7NO3S3/c14-11(9-5-8-6(18-9)3-4-17-8)13-10-2-1-7(19-10)12(15)16/h1-5H,(H,13,14)(H,15,16). The predicted molar refractivity (Wildman–Crippen MR) is 78.9 cm³/mol. The van der Waals surface area contributed by atoms with Gasteiger partial charge in [0, 0.05) is 9.40 Å². The van der Waals surface area contributed by atoms with E-state index in [4.69, 9.17) is 5.11 Å². The monoisotopic (exact) mass is 309 g/mol. The highest BCUT2D eigenvalue weighted by Crippen LogP contribution is 2.31. The van der Waals surface area contributed by atoms with Crippen LogP contribution in [0.1, 0.15) is 19.3 Å². The molecule has 4 nitrogen and oxygen atoms in total. The Hall–Kier alpha value is -1.70. The van der Waals surface area contributed by atoms with Gasteiger partial charge in [-0.2, -0.15) is 0 Å². The summed E-state index contributed by atoms with van der Waals surface area (Å²) in [6.45, 7) is 0. The van der Waals surface area contributed by atoms with Crippen molar-refractivity contribution in [1.29, 1.82) is 0 Å². The molecule has 0 atom stereocenters. The van der Waals surface area contributed by atoms with Gasteiger partial charge >= 0.3 is 5.97 Å². The van der Waals surface area contributed by atoms with Gasteiger partial charge in [-0.1, -0.05) is 0 Å². The van der Waals surface area contributed by atoms with Crippen molar-refractivity contribution in [3.05, 3.63) is 39.4 Å². The number of carboxylic acids is 1. The average molecular weight is 309 g/mol. The number of nitrogens with one attached hydrogen (secondary N) is 1. The molecule has 0 aromatic carbocycles. The molecule has 3 rings (SSSR count). The average Bonchev–Trinajstić information content (AvgIpc) is 3.02. The van der Waals surface area contributed by atoms with Crippen LogP contribution in [0.15, 0.2) is 29.6 Å². The summed E-state index contributed by atoms with van der Waals surface area (Å²) in [6, 6.07) is 6.92. The van der Waals surface area contributed by atoms with Crippen molar-refractivity contribution in [2.24, 2.45) is 0 Å². The second-order valence-electron chi connectivity index (χ2n) is 3.68. The molecule has 0 fully saturated rings. The fraction of sp³-hybridized carbons (Fsp3) is 0. The zero-order chi connectivity index (χ0) is 13.4. The molecule has 0 saturated heterocycles. The summed E-state index contributed by atoms with van der Waals surface area (Å²) in [5.74, 6) is -1.19. The molecule has 0 unspecified atom stereocenters. The molecule has 0 saturated carbocycles. The third-order valence-electron chi connectivity index (χ3n) is 2.42. The van der Waals surface area contributed by atoms with Crippen molar-refractivity contribution < 1.29 is 14.7 Å². The van der Waals surface area contributed by atoms with Crippen LogP contribution < -0.4 is 5.32 Å². The van der Waals surface area contributed by atoms with Crippen molar-refractivity contribution in [2.75, 3.05) is 5.32 Å². The Balaban J connectivity index is 1.80. The SMILES string of the molecule is O=C(O)c1ccc(NC(=O)c2cc3sccc3s2)s1. The van der Waals surface area contributed by atoms with Gasteiger partial charge in [-0.3, -0.25) is 4.79 Å². The van der Waals surface area contributed by atoms with E-state index in [9.17, 15) is 9.59 Å². The first kappa shape index (κ1) is 12.3. The number of hydrogen-bond donors (Lipinski definition) is 2. The minimum Gasteiger partial charge on any atom is -0.477 e. The molecular weight excluding hydrogens is 302 g/mol. The van der Waals surface area contributed by atoms with Crippen molar-refractivity contribution >= 4 is 60.3 Å². The fourth-order valence-electron chi connectivity index (χ4n) is 1.57. The number of carbonyl (C=O) groups excluding carboxylic acids is 1. The lowest BCUT2D eigenvalue weighted by molar-refractivity contribution is 0.0702. The fourth-order valence-corrected chi connectivity index (χ4v) is 4.32. The zero-order valence-electron chi connectivity index (χ0n) is 9.38. The molecule has 3 heterocycles. The summed E-state index contributed by atoms with van der Waals surface area (Å²) >= 11 is 4.07. The van der Waals surface area contributed by atoms with Crippen LogP contribution >= 0.6 is 34.0 Å². The quantitative estimate of drug-likeness (QED) is 0.769. The number of carboxylic acid groups (broad SMARTS) is 1. The third-order valence-corrected chi connectivity index (χ3v) is 5.50. The maximum Gasteiger partial charge on any atom is 0.345 e. The van der Waals surface area contributed by atoms with Crippen molar-refractivity contribution in [3.63, 3.8) is 0 Å². The van der Waals surface area contributed by atoms with Gasteiger partial charge < -0.3 is 10.4 Å². The van der Waals surface area contributed by atoms with Crippen LogP contribution in [-0.4, -0.2) is 17.0 Å². The van der Waals surface area contributed by atoms with E-state index in [-0.39, 0.29) is 10.8 Å². The molecule has 0 radical (unpaired) electrons. The minimum absolute atomic E-state index is 0.202. The first-order valence-corrected chi connectivity index (χ1v) is 7.76. The highest BCUT2D eigenvalue weighted by molar-refractivity contribution is 7.28. The Morgan fingerprint density at radius 1 is 1.05 bits per heavy atom. The van der Waals surface area contributed by atoms with Crippen LogP contribution in [0, 0.1) is 0 Å². The normalized spacial score (nSPS) is 10.7. The van der Waals surface area contributed by atoms with E-state index in [1.54, 1.807) is 17.4 Å². The molecule has 3 aromatic rings. The van der Waals surface area contributed by atoms with Crippen LogP contribution in [0.4, 0.5) is 5.00 Å². The Morgan fingerprint density at radius 3 is 2.58 bits per heavy atom. The Labute approximate surface area is 119 Å². The number of anilines is 1. The van der Waals surface area contributed by atoms with Crippen LogP contribution in [0.3, 0.4) is 0 Å². The summed E-state index contributed by atoms with van der Waals surface area (Å²) in [4.78, 5) is 23.6. The molecule has 2 N–H and O–H groups in total. The predicted octanol–water partition coefficient (Wildman–Crippen LogP) is 3.97. The van der Waals surface area contributed by atoms with E-state index in [2.05, 4.69) is 5.32 Å². The number of rotatable bonds is 3. The van der Waals surface area contributed by atoms with Crippen molar-refractivity contribution in [1.82, 2.24) is 0 Å². The molecule has 0 aliphatic heterocycles. The minimum atomic E-state index is -0.984. The first-order chi connectivity index (χ1) is 9.13. The van der Waals surface area contributed by atoms with Gasteiger partial charge in [-0.15, -0.1) is 34.0 Å². The lowest BCUT2D eigenvalue weighted by Crippen LogP contribution is -2.08. The summed E-state index contributed by atoms with van der Waals surface area (Å²) in [5.41, 5.74) is 0. The van der Waals surface area contributed by atoms with E-state index in [0.717, 1.165) is 20.7 Å². The molecule has 0 bridgehead atoms. The molecule has 0 aliphatic carbocycles. The molecule has 96 valence electrons. The second-order valence-corrected chi connectivity index (χ2v) is 6.80. The summed E-state index contributed by atoms with van der Waals surface area (Å²) in [7, 11) is 0. The maximum atomic E-state index is 12.0. The smallest absolute Gasteiger partial charge is 0.345 e. The van der Waals surface area contributed by atoms with Crippen LogP contribution in [0.2, 0.25) is 0 Å².